The molecule has 0 bridgehead atoms. The summed E-state index contributed by atoms with van der Waals surface area (Å²) in [5.41, 5.74) is -0.472. The predicted octanol–water partition coefficient (Wildman–Crippen LogP) is 1.55. The van der Waals surface area contributed by atoms with E-state index in [-0.39, 0.29) is 18.2 Å². The first kappa shape index (κ1) is 12.2. The van der Waals surface area contributed by atoms with E-state index in [1.165, 1.54) is 0 Å². The van der Waals surface area contributed by atoms with Gasteiger partial charge in [0.15, 0.2) is 12.3 Å². The van der Waals surface area contributed by atoms with Crippen molar-refractivity contribution in [2.24, 2.45) is 0 Å². The van der Waals surface area contributed by atoms with E-state index in [0.29, 0.717) is 12.8 Å². The summed E-state index contributed by atoms with van der Waals surface area (Å²) < 4.78 is 6.82. The monoisotopic (exact) mass is 214 g/mol. The van der Waals surface area contributed by atoms with Crippen LogP contribution in [0.5, 0.6) is 0 Å². The molecule has 4 nitrogen and oxygen atoms in total. The van der Waals surface area contributed by atoms with Crippen LogP contribution in [-0.2, 0) is 4.74 Å². The molecule has 0 aliphatic carbocycles. The molecule has 0 saturated carbocycles. The fraction of sp³-hybridized carbons (Fsp3) is 0.818. The van der Waals surface area contributed by atoms with Crippen molar-refractivity contribution in [3.8, 4) is 0 Å². The molecule has 2 atom stereocenters. The molecule has 0 unspecified atom stereocenters. The van der Waals surface area contributed by atoms with Crippen LogP contribution in [0.1, 0.15) is 40.5 Å². The maximum atomic E-state index is 11.7. The molecule has 1 aliphatic rings. The Balaban J connectivity index is 2.68. The van der Waals surface area contributed by atoms with E-state index in [2.05, 4.69) is 0 Å². The molecule has 0 aromatic rings. The topological polar surface area (TPSA) is 49.5 Å². The van der Waals surface area contributed by atoms with Crippen LogP contribution in [-0.4, -0.2) is 39.7 Å². The van der Waals surface area contributed by atoms with Crippen molar-refractivity contribution in [3.63, 3.8) is 0 Å². The van der Waals surface area contributed by atoms with Crippen molar-refractivity contribution in [2.45, 2.75) is 58.3 Å². The number of hydrogen-bond acceptors (Lipinski definition) is 3. The van der Waals surface area contributed by atoms with Gasteiger partial charge in [-0.25, -0.2) is 0 Å². The Bertz CT molecular complexity index is 278. The molecule has 15 heavy (non-hydrogen) atoms. The lowest BCUT2D eigenvalue weighted by Crippen LogP contribution is -2.41. The van der Waals surface area contributed by atoms with E-state index in [1.54, 1.807) is 10.8 Å². The lowest BCUT2D eigenvalue weighted by molar-refractivity contribution is -0.491. The van der Waals surface area contributed by atoms with Crippen molar-refractivity contribution in [1.82, 2.24) is 0 Å². The maximum absolute atomic E-state index is 11.7. The Hall–Kier alpha value is -0.900. The summed E-state index contributed by atoms with van der Waals surface area (Å²) in [7, 11) is 0. The predicted molar refractivity (Wildman–Crippen MR) is 57.3 cm³/mol. The Labute approximate surface area is 90.6 Å². The molecule has 1 N–H and O–H groups in total. The van der Waals surface area contributed by atoms with E-state index in [4.69, 9.17) is 4.74 Å². The van der Waals surface area contributed by atoms with Gasteiger partial charge in [-0.2, -0.15) is 4.79 Å². The van der Waals surface area contributed by atoms with Crippen LogP contribution in [0.3, 0.4) is 0 Å². The zero-order valence-electron chi connectivity index (χ0n) is 9.86. The molecule has 0 spiro atoms. The van der Waals surface area contributed by atoms with Crippen molar-refractivity contribution in [3.05, 3.63) is 0 Å². The second-order valence-corrected chi connectivity index (χ2v) is 5.04. The molecule has 0 saturated heterocycles. The highest BCUT2D eigenvalue weighted by Gasteiger charge is 2.34. The number of carbonyl (C=O) groups excluding carboxylic acids is 1. The third-order valence-electron chi connectivity index (χ3n) is 2.27. The molecule has 0 fully saturated rings. The van der Waals surface area contributed by atoms with Crippen molar-refractivity contribution in [1.29, 1.82) is 0 Å². The number of nitrogens with zero attached hydrogens (tertiary/aromatic N) is 1. The number of rotatable bonds is 0. The summed E-state index contributed by atoms with van der Waals surface area (Å²) in [5.74, 6) is 0. The Morgan fingerprint density at radius 3 is 2.60 bits per heavy atom. The fourth-order valence-electron chi connectivity index (χ4n) is 1.59. The Kier molecular flexibility index (Phi) is 3.50. The average Bonchev–Trinajstić information content (AvgIpc) is 1.99. The first-order chi connectivity index (χ1) is 6.79. The summed E-state index contributed by atoms with van der Waals surface area (Å²) in [6.07, 6.45) is 2.17. The Morgan fingerprint density at radius 2 is 2.13 bits per heavy atom. The molecule has 86 valence electrons. The molecule has 0 aromatic heterocycles. The van der Waals surface area contributed by atoms with Gasteiger partial charge in [0.05, 0.1) is 12.5 Å². The van der Waals surface area contributed by atoms with Crippen molar-refractivity contribution >= 4 is 12.3 Å². The minimum atomic E-state index is -0.472. The SMILES string of the molecule is C[C@@H]1C[C@@H](O)CC=[N+]1C(=O)OC(C)(C)C. The smallest absolute Gasteiger partial charge is 0.406 e. The van der Waals surface area contributed by atoms with Gasteiger partial charge in [-0.05, 0) is 27.7 Å². The fourth-order valence-corrected chi connectivity index (χ4v) is 1.59. The van der Waals surface area contributed by atoms with E-state index in [1.807, 2.05) is 27.7 Å². The number of aliphatic hydroxyl groups is 1. The summed E-state index contributed by atoms with van der Waals surface area (Å²) in [5, 5.41) is 9.40. The number of amides is 1. The van der Waals surface area contributed by atoms with Crippen LogP contribution in [0, 0.1) is 0 Å². The standard InChI is InChI=1S/C11H20NO3/c1-8-7-9(13)5-6-12(8)10(14)15-11(2,3)4/h6,8-9,13H,5,7H2,1-4H3/q+1/t8-,9+/m1/s1. The molecular weight excluding hydrogens is 194 g/mol. The molecule has 0 radical (unpaired) electrons. The van der Waals surface area contributed by atoms with Gasteiger partial charge in [0.2, 0.25) is 0 Å². The normalized spacial score (nSPS) is 27.1. The van der Waals surface area contributed by atoms with Gasteiger partial charge >= 0.3 is 6.09 Å². The third kappa shape index (κ3) is 3.63. The van der Waals surface area contributed by atoms with Crippen LogP contribution in [0.15, 0.2) is 0 Å². The van der Waals surface area contributed by atoms with E-state index < -0.39 is 5.60 Å². The van der Waals surface area contributed by atoms with Crippen LogP contribution in [0.2, 0.25) is 0 Å². The highest BCUT2D eigenvalue weighted by Crippen LogP contribution is 2.14. The molecule has 1 heterocycles. The molecular formula is C11H20NO3+. The second kappa shape index (κ2) is 4.31. The van der Waals surface area contributed by atoms with Crippen LogP contribution < -0.4 is 0 Å². The average molecular weight is 214 g/mol. The lowest BCUT2D eigenvalue weighted by Gasteiger charge is -2.21. The van der Waals surface area contributed by atoms with Gasteiger partial charge in [0.1, 0.15) is 5.60 Å². The molecule has 1 aliphatic heterocycles. The highest BCUT2D eigenvalue weighted by atomic mass is 16.6. The largest absolute Gasteiger partial charge is 0.596 e. The maximum Gasteiger partial charge on any atom is 0.596 e. The summed E-state index contributed by atoms with van der Waals surface area (Å²) in [4.78, 5) is 11.7. The summed E-state index contributed by atoms with van der Waals surface area (Å²) in [6, 6.07) is 0.00333. The van der Waals surface area contributed by atoms with Gasteiger partial charge in [0, 0.05) is 6.42 Å². The second-order valence-electron chi connectivity index (χ2n) is 5.04. The third-order valence-corrected chi connectivity index (χ3v) is 2.27. The summed E-state index contributed by atoms with van der Waals surface area (Å²) >= 11 is 0. The molecule has 1 rings (SSSR count). The van der Waals surface area contributed by atoms with Gasteiger partial charge in [-0.15, -0.1) is 4.58 Å². The molecule has 4 heteroatoms. The quantitative estimate of drug-likeness (QED) is 0.622. The minimum Gasteiger partial charge on any atom is -0.406 e. The van der Waals surface area contributed by atoms with Crippen LogP contribution in [0.25, 0.3) is 0 Å². The van der Waals surface area contributed by atoms with Gasteiger partial charge < -0.3 is 9.84 Å². The van der Waals surface area contributed by atoms with Crippen LogP contribution in [0.4, 0.5) is 4.79 Å². The van der Waals surface area contributed by atoms with Gasteiger partial charge in [-0.1, -0.05) is 0 Å². The van der Waals surface area contributed by atoms with Crippen molar-refractivity contribution in [2.75, 3.05) is 0 Å². The highest BCUT2D eigenvalue weighted by molar-refractivity contribution is 5.67. The van der Waals surface area contributed by atoms with Crippen LogP contribution >= 0.6 is 0 Å². The zero-order valence-corrected chi connectivity index (χ0v) is 9.86. The first-order valence-corrected chi connectivity index (χ1v) is 5.32. The molecule has 1 amide bonds. The minimum absolute atomic E-state index is 0.00333. The van der Waals surface area contributed by atoms with E-state index >= 15 is 0 Å². The van der Waals surface area contributed by atoms with Crippen molar-refractivity contribution < 1.29 is 19.2 Å². The number of ether oxygens (including phenoxy) is 1. The first-order valence-electron chi connectivity index (χ1n) is 5.32. The number of hydrogen-bond donors (Lipinski definition) is 1. The van der Waals surface area contributed by atoms with E-state index in [9.17, 15) is 9.90 Å². The number of carbonyl (C=O) groups is 1. The number of aliphatic hydroxyl groups excluding tert-OH is 1. The van der Waals surface area contributed by atoms with Gasteiger partial charge in [-0.3, -0.25) is 0 Å². The van der Waals surface area contributed by atoms with E-state index in [0.717, 1.165) is 0 Å². The Morgan fingerprint density at radius 1 is 1.53 bits per heavy atom. The zero-order chi connectivity index (χ0) is 11.6. The molecule has 0 aromatic carbocycles. The van der Waals surface area contributed by atoms with Gasteiger partial charge in [0.25, 0.3) is 0 Å². The summed E-state index contributed by atoms with van der Waals surface area (Å²) in [6.45, 7) is 7.43. The lowest BCUT2D eigenvalue weighted by atomic mass is 10.0.